The maximum Gasteiger partial charge on any atom is 0.227 e. The molecule has 1 atom stereocenters. The number of piperidine rings is 2. The van der Waals surface area contributed by atoms with E-state index in [-0.39, 0.29) is 36.1 Å². The van der Waals surface area contributed by atoms with Crippen LogP contribution in [0.15, 0.2) is 18.2 Å². The van der Waals surface area contributed by atoms with E-state index in [1.165, 1.54) is 6.07 Å². The molecule has 0 saturated carbocycles. The Bertz CT molecular complexity index is 694. The Labute approximate surface area is 153 Å². The summed E-state index contributed by atoms with van der Waals surface area (Å²) in [6.07, 6.45) is 3.49. The molecule has 2 saturated heterocycles. The van der Waals surface area contributed by atoms with Gasteiger partial charge in [-0.2, -0.15) is 0 Å². The number of amides is 2. The van der Waals surface area contributed by atoms with Gasteiger partial charge in [-0.1, -0.05) is 12.1 Å². The zero-order valence-electron chi connectivity index (χ0n) is 15.3. The molecule has 2 amide bonds. The van der Waals surface area contributed by atoms with Gasteiger partial charge < -0.3 is 14.9 Å². The van der Waals surface area contributed by atoms with Gasteiger partial charge in [0, 0.05) is 38.0 Å². The fraction of sp³-hybridized carbons (Fsp3) is 0.600. The molecule has 0 aliphatic carbocycles. The fourth-order valence-electron chi connectivity index (χ4n) is 4.28. The minimum atomic E-state index is -0.256. The fourth-order valence-corrected chi connectivity index (χ4v) is 4.28. The molecular formula is C20H27FN2O3. The second-order valence-corrected chi connectivity index (χ2v) is 7.72. The Kier molecular flexibility index (Phi) is 5.61. The minimum absolute atomic E-state index is 0.0334. The molecule has 2 aliphatic heterocycles. The van der Waals surface area contributed by atoms with Gasteiger partial charge >= 0.3 is 0 Å². The lowest BCUT2D eigenvalue weighted by Crippen LogP contribution is -2.55. The van der Waals surface area contributed by atoms with Crippen molar-refractivity contribution >= 4 is 11.8 Å². The first-order chi connectivity index (χ1) is 12.4. The number of β-amino-alcohol motifs (C(OH)–C–C–N with tert-alkyl or cyclic N) is 1. The molecule has 6 heteroatoms. The van der Waals surface area contributed by atoms with Crippen molar-refractivity contribution in [3.8, 4) is 0 Å². The minimum Gasteiger partial charge on any atom is -0.395 e. The zero-order chi connectivity index (χ0) is 18.7. The molecule has 1 spiro atoms. The highest BCUT2D eigenvalue weighted by molar-refractivity contribution is 5.79. The van der Waals surface area contributed by atoms with Crippen LogP contribution in [0.25, 0.3) is 0 Å². The molecule has 26 heavy (non-hydrogen) atoms. The van der Waals surface area contributed by atoms with Crippen LogP contribution >= 0.6 is 0 Å². The highest BCUT2D eigenvalue weighted by Crippen LogP contribution is 2.39. The number of aryl methyl sites for hydroxylation is 1. The third-order valence-corrected chi connectivity index (χ3v) is 5.71. The molecule has 2 aliphatic rings. The second kappa shape index (κ2) is 7.74. The van der Waals surface area contributed by atoms with E-state index in [4.69, 9.17) is 0 Å². The third kappa shape index (κ3) is 4.06. The first kappa shape index (κ1) is 18.8. The van der Waals surface area contributed by atoms with Gasteiger partial charge in [0.05, 0.1) is 13.0 Å². The van der Waals surface area contributed by atoms with Crippen LogP contribution in [-0.4, -0.2) is 59.5 Å². The molecule has 5 nitrogen and oxygen atoms in total. The molecule has 1 aromatic rings. The van der Waals surface area contributed by atoms with Crippen LogP contribution in [-0.2, 0) is 16.0 Å². The van der Waals surface area contributed by atoms with E-state index in [2.05, 4.69) is 0 Å². The molecule has 2 heterocycles. The molecule has 0 aromatic heterocycles. The first-order valence-corrected chi connectivity index (χ1v) is 9.34. The highest BCUT2D eigenvalue weighted by atomic mass is 19.1. The number of likely N-dealkylation sites (tertiary alicyclic amines) is 2. The van der Waals surface area contributed by atoms with Crippen molar-refractivity contribution in [3.63, 3.8) is 0 Å². The van der Waals surface area contributed by atoms with E-state index in [1.54, 1.807) is 24.0 Å². The summed E-state index contributed by atoms with van der Waals surface area (Å²) < 4.78 is 13.4. The maximum atomic E-state index is 13.4. The third-order valence-electron chi connectivity index (χ3n) is 5.71. The number of rotatable bonds is 4. The molecule has 1 aromatic carbocycles. The molecule has 2 fully saturated rings. The largest absolute Gasteiger partial charge is 0.395 e. The summed E-state index contributed by atoms with van der Waals surface area (Å²) >= 11 is 0. The number of halogens is 1. The SMILES string of the molecule is Cc1cc(CC(=O)N2CCC[C@@]3(CCC(=O)N(CCO)C3)C2)ccc1F. The number of aliphatic hydroxyl groups is 1. The lowest BCUT2D eigenvalue weighted by Gasteiger charge is -2.48. The molecule has 0 bridgehead atoms. The highest BCUT2D eigenvalue weighted by Gasteiger charge is 2.42. The number of carbonyl (C=O) groups excluding carboxylic acids is 2. The topological polar surface area (TPSA) is 60.9 Å². The number of hydrogen-bond acceptors (Lipinski definition) is 3. The quantitative estimate of drug-likeness (QED) is 0.890. The summed E-state index contributed by atoms with van der Waals surface area (Å²) in [6, 6.07) is 4.81. The lowest BCUT2D eigenvalue weighted by atomic mass is 9.73. The standard InChI is InChI=1S/C20H27FN2O3/c1-15-11-16(3-4-17(15)21)12-19(26)22-8-2-6-20(13-22)7-5-18(25)23(14-20)9-10-24/h3-4,11,24H,2,5-10,12-14H2,1H3/t20-/m1/s1. The van der Waals surface area contributed by atoms with Crippen LogP contribution in [0.5, 0.6) is 0 Å². The Balaban J connectivity index is 1.66. The van der Waals surface area contributed by atoms with Gasteiger partial charge in [-0.25, -0.2) is 4.39 Å². The lowest BCUT2D eigenvalue weighted by molar-refractivity contribution is -0.143. The summed E-state index contributed by atoms with van der Waals surface area (Å²) in [4.78, 5) is 28.4. The average molecular weight is 362 g/mol. The second-order valence-electron chi connectivity index (χ2n) is 7.72. The molecule has 0 radical (unpaired) electrons. The molecular weight excluding hydrogens is 335 g/mol. The first-order valence-electron chi connectivity index (χ1n) is 9.34. The summed E-state index contributed by atoms with van der Waals surface area (Å²) in [5.41, 5.74) is 1.32. The van der Waals surface area contributed by atoms with Crippen LogP contribution < -0.4 is 0 Å². The van der Waals surface area contributed by atoms with Crippen molar-refractivity contribution in [1.29, 1.82) is 0 Å². The van der Waals surface area contributed by atoms with Crippen molar-refractivity contribution in [1.82, 2.24) is 9.80 Å². The summed E-state index contributed by atoms with van der Waals surface area (Å²) in [7, 11) is 0. The van der Waals surface area contributed by atoms with Crippen molar-refractivity contribution < 1.29 is 19.1 Å². The van der Waals surface area contributed by atoms with Gasteiger partial charge in [0.2, 0.25) is 11.8 Å². The van der Waals surface area contributed by atoms with Gasteiger partial charge in [-0.3, -0.25) is 9.59 Å². The van der Waals surface area contributed by atoms with E-state index in [9.17, 15) is 19.1 Å². The van der Waals surface area contributed by atoms with Gasteiger partial charge in [0.1, 0.15) is 5.82 Å². The van der Waals surface area contributed by atoms with Crippen LogP contribution in [0.4, 0.5) is 4.39 Å². The van der Waals surface area contributed by atoms with Crippen LogP contribution in [0.1, 0.15) is 36.8 Å². The van der Waals surface area contributed by atoms with E-state index in [1.807, 2.05) is 4.90 Å². The van der Waals surface area contributed by atoms with E-state index < -0.39 is 0 Å². The number of hydrogen-bond donors (Lipinski definition) is 1. The van der Waals surface area contributed by atoms with Crippen LogP contribution in [0.3, 0.4) is 0 Å². The molecule has 3 rings (SSSR count). The van der Waals surface area contributed by atoms with Crippen LogP contribution in [0, 0.1) is 18.2 Å². The normalized spacial score (nSPS) is 23.6. The van der Waals surface area contributed by atoms with Gasteiger partial charge in [0.15, 0.2) is 0 Å². The monoisotopic (exact) mass is 362 g/mol. The summed E-state index contributed by atoms with van der Waals surface area (Å²) in [6.45, 7) is 4.04. The van der Waals surface area contributed by atoms with E-state index >= 15 is 0 Å². The van der Waals surface area contributed by atoms with E-state index in [0.29, 0.717) is 31.6 Å². The van der Waals surface area contributed by atoms with Gasteiger partial charge in [0.25, 0.3) is 0 Å². The number of nitrogens with zero attached hydrogens (tertiary/aromatic N) is 2. The van der Waals surface area contributed by atoms with E-state index in [0.717, 1.165) is 31.4 Å². The van der Waals surface area contributed by atoms with Crippen molar-refractivity contribution in [3.05, 3.63) is 35.1 Å². The Morgan fingerprint density at radius 1 is 1.31 bits per heavy atom. The maximum absolute atomic E-state index is 13.4. The molecule has 142 valence electrons. The van der Waals surface area contributed by atoms with Crippen molar-refractivity contribution in [2.45, 2.75) is 39.0 Å². The molecule has 1 N–H and O–H groups in total. The predicted octanol–water partition coefficient (Wildman–Crippen LogP) is 1.90. The Morgan fingerprint density at radius 3 is 2.85 bits per heavy atom. The Morgan fingerprint density at radius 2 is 2.12 bits per heavy atom. The number of benzene rings is 1. The Hall–Kier alpha value is -1.95. The predicted molar refractivity (Wildman–Crippen MR) is 96.0 cm³/mol. The van der Waals surface area contributed by atoms with Gasteiger partial charge in [-0.15, -0.1) is 0 Å². The zero-order valence-corrected chi connectivity index (χ0v) is 15.3. The number of aliphatic hydroxyl groups excluding tert-OH is 1. The summed E-state index contributed by atoms with van der Waals surface area (Å²) in [5.74, 6) is -0.107. The smallest absolute Gasteiger partial charge is 0.227 e. The van der Waals surface area contributed by atoms with Crippen molar-refractivity contribution in [2.24, 2.45) is 5.41 Å². The average Bonchev–Trinajstić information content (AvgIpc) is 2.62. The van der Waals surface area contributed by atoms with Gasteiger partial charge in [-0.05, 0) is 43.4 Å². The molecule has 0 unspecified atom stereocenters. The number of carbonyl (C=O) groups is 2. The van der Waals surface area contributed by atoms with Crippen molar-refractivity contribution in [2.75, 3.05) is 32.8 Å². The summed E-state index contributed by atoms with van der Waals surface area (Å²) in [5, 5.41) is 9.18. The van der Waals surface area contributed by atoms with Crippen LogP contribution in [0.2, 0.25) is 0 Å².